The Hall–Kier alpha value is -3.09. The van der Waals surface area contributed by atoms with Gasteiger partial charge in [0.2, 0.25) is 5.91 Å². The summed E-state index contributed by atoms with van der Waals surface area (Å²) >= 11 is 0. The topological polar surface area (TPSA) is 85.1 Å². The van der Waals surface area contributed by atoms with Crippen LogP contribution in [0.2, 0.25) is 0 Å². The molecule has 0 radical (unpaired) electrons. The number of aromatic amines is 2. The molecule has 1 fully saturated rings. The molecule has 3 aromatic rings. The second-order valence-corrected chi connectivity index (χ2v) is 6.19. The molecule has 128 valence electrons. The van der Waals surface area contributed by atoms with Gasteiger partial charge in [-0.15, -0.1) is 0 Å². The second-order valence-electron chi connectivity index (χ2n) is 6.19. The first-order valence-corrected chi connectivity index (χ1v) is 8.33. The van der Waals surface area contributed by atoms with Crippen molar-refractivity contribution in [3.63, 3.8) is 0 Å². The summed E-state index contributed by atoms with van der Waals surface area (Å²) < 4.78 is 0. The number of imidazole rings is 1. The third kappa shape index (κ3) is 3.13. The van der Waals surface area contributed by atoms with Gasteiger partial charge in [0, 0.05) is 32.4 Å². The van der Waals surface area contributed by atoms with E-state index in [0.29, 0.717) is 38.3 Å². The number of aromatic nitrogens is 3. The van der Waals surface area contributed by atoms with Crippen molar-refractivity contribution in [3.05, 3.63) is 54.1 Å². The summed E-state index contributed by atoms with van der Waals surface area (Å²) in [6.45, 7) is 2.25. The number of hydrogen-bond acceptors (Lipinski definition) is 3. The van der Waals surface area contributed by atoms with Crippen molar-refractivity contribution in [2.24, 2.45) is 0 Å². The van der Waals surface area contributed by atoms with Crippen molar-refractivity contribution in [2.45, 2.75) is 6.42 Å². The first-order chi connectivity index (χ1) is 12.2. The number of hydrogen-bond donors (Lipinski definition) is 2. The SMILES string of the molecule is O=C(Cc1ccc2nc[nH]c2c1)N1CCN(C(=O)c2ccc[nH]2)CC1. The van der Waals surface area contributed by atoms with Gasteiger partial charge in [0.1, 0.15) is 5.69 Å². The number of carbonyl (C=O) groups is 2. The van der Waals surface area contributed by atoms with Gasteiger partial charge in [0.25, 0.3) is 5.91 Å². The highest BCUT2D eigenvalue weighted by Gasteiger charge is 2.25. The third-order valence-electron chi connectivity index (χ3n) is 4.59. The van der Waals surface area contributed by atoms with E-state index in [1.54, 1.807) is 23.5 Å². The van der Waals surface area contributed by atoms with Crippen LogP contribution in [-0.2, 0) is 11.2 Å². The summed E-state index contributed by atoms with van der Waals surface area (Å²) in [5.41, 5.74) is 3.39. The Morgan fingerprint density at radius 2 is 1.84 bits per heavy atom. The smallest absolute Gasteiger partial charge is 0.270 e. The maximum Gasteiger partial charge on any atom is 0.270 e. The molecule has 2 amide bonds. The Bertz CT molecular complexity index is 891. The van der Waals surface area contributed by atoms with Crippen LogP contribution in [0.5, 0.6) is 0 Å². The fourth-order valence-electron chi connectivity index (χ4n) is 3.17. The minimum Gasteiger partial charge on any atom is -0.357 e. The Kier molecular flexibility index (Phi) is 3.97. The van der Waals surface area contributed by atoms with Crippen molar-refractivity contribution >= 4 is 22.8 Å². The number of nitrogens with zero attached hydrogens (tertiary/aromatic N) is 3. The molecule has 7 heteroatoms. The maximum atomic E-state index is 12.5. The van der Waals surface area contributed by atoms with Gasteiger partial charge in [0.15, 0.2) is 0 Å². The molecule has 0 unspecified atom stereocenters. The van der Waals surface area contributed by atoms with Crippen LogP contribution in [0, 0.1) is 0 Å². The largest absolute Gasteiger partial charge is 0.357 e. The first-order valence-electron chi connectivity index (χ1n) is 8.33. The molecular formula is C18H19N5O2. The highest BCUT2D eigenvalue weighted by Crippen LogP contribution is 2.14. The highest BCUT2D eigenvalue weighted by molar-refractivity contribution is 5.92. The van der Waals surface area contributed by atoms with E-state index in [9.17, 15) is 9.59 Å². The number of piperazine rings is 1. The van der Waals surface area contributed by atoms with Gasteiger partial charge in [-0.1, -0.05) is 6.07 Å². The second kappa shape index (κ2) is 6.43. The Labute approximate surface area is 144 Å². The summed E-state index contributed by atoms with van der Waals surface area (Å²) in [6.07, 6.45) is 3.75. The quantitative estimate of drug-likeness (QED) is 0.758. The standard InChI is InChI=1S/C18H19N5O2/c24-17(11-13-3-4-14-16(10-13)21-12-20-14)22-6-8-23(9-7-22)18(25)15-2-1-5-19-15/h1-5,10,12,19H,6-9,11H2,(H,20,21). The number of benzene rings is 1. The third-order valence-corrected chi connectivity index (χ3v) is 4.59. The van der Waals surface area contributed by atoms with Crippen LogP contribution in [0.15, 0.2) is 42.9 Å². The number of carbonyl (C=O) groups excluding carboxylic acids is 2. The van der Waals surface area contributed by atoms with Gasteiger partial charge in [-0.2, -0.15) is 0 Å². The van der Waals surface area contributed by atoms with Gasteiger partial charge < -0.3 is 19.8 Å². The molecule has 0 aliphatic carbocycles. The van der Waals surface area contributed by atoms with Crippen LogP contribution in [-0.4, -0.2) is 62.7 Å². The number of nitrogens with one attached hydrogen (secondary N) is 2. The van der Waals surface area contributed by atoms with Crippen LogP contribution < -0.4 is 0 Å². The Balaban J connectivity index is 1.35. The molecule has 0 atom stereocenters. The molecule has 1 aliphatic heterocycles. The van der Waals surface area contributed by atoms with E-state index in [4.69, 9.17) is 0 Å². The van der Waals surface area contributed by atoms with E-state index >= 15 is 0 Å². The molecule has 1 aromatic carbocycles. The summed E-state index contributed by atoms with van der Waals surface area (Å²) in [4.78, 5) is 38.6. The summed E-state index contributed by atoms with van der Waals surface area (Å²) in [6, 6.07) is 9.40. The molecule has 3 heterocycles. The first kappa shape index (κ1) is 15.4. The number of rotatable bonds is 3. The Morgan fingerprint density at radius 3 is 2.60 bits per heavy atom. The number of H-pyrrole nitrogens is 2. The molecule has 2 aromatic heterocycles. The van der Waals surface area contributed by atoms with Crippen molar-refractivity contribution in [2.75, 3.05) is 26.2 Å². The van der Waals surface area contributed by atoms with Crippen LogP contribution in [0.3, 0.4) is 0 Å². The number of amides is 2. The lowest BCUT2D eigenvalue weighted by atomic mass is 10.1. The predicted octanol–water partition coefficient (Wildman–Crippen LogP) is 1.42. The lowest BCUT2D eigenvalue weighted by Crippen LogP contribution is -2.51. The van der Waals surface area contributed by atoms with E-state index in [1.165, 1.54) is 0 Å². The van der Waals surface area contributed by atoms with Crippen molar-refractivity contribution in [1.82, 2.24) is 24.8 Å². The van der Waals surface area contributed by atoms with Gasteiger partial charge >= 0.3 is 0 Å². The van der Waals surface area contributed by atoms with Gasteiger partial charge in [-0.05, 0) is 29.8 Å². The van der Waals surface area contributed by atoms with Crippen LogP contribution in [0.1, 0.15) is 16.1 Å². The average Bonchev–Trinajstić information content (AvgIpc) is 3.32. The summed E-state index contributed by atoms with van der Waals surface area (Å²) in [7, 11) is 0. The summed E-state index contributed by atoms with van der Waals surface area (Å²) in [5, 5.41) is 0. The molecule has 1 aliphatic rings. The molecule has 0 spiro atoms. The van der Waals surface area contributed by atoms with Crippen LogP contribution in [0.4, 0.5) is 0 Å². The zero-order chi connectivity index (χ0) is 17.2. The average molecular weight is 337 g/mol. The Morgan fingerprint density at radius 1 is 1.04 bits per heavy atom. The van der Waals surface area contributed by atoms with Gasteiger partial charge in [-0.25, -0.2) is 4.98 Å². The van der Waals surface area contributed by atoms with E-state index in [2.05, 4.69) is 15.0 Å². The zero-order valence-electron chi connectivity index (χ0n) is 13.7. The molecule has 7 nitrogen and oxygen atoms in total. The van der Waals surface area contributed by atoms with E-state index < -0.39 is 0 Å². The lowest BCUT2D eigenvalue weighted by Gasteiger charge is -2.34. The minimum absolute atomic E-state index is 0.0122. The summed E-state index contributed by atoms with van der Waals surface area (Å²) in [5.74, 6) is 0.0765. The van der Waals surface area contributed by atoms with Crippen molar-refractivity contribution in [1.29, 1.82) is 0 Å². The van der Waals surface area contributed by atoms with Crippen LogP contribution >= 0.6 is 0 Å². The molecule has 4 rings (SSSR count). The van der Waals surface area contributed by atoms with E-state index in [0.717, 1.165) is 16.6 Å². The van der Waals surface area contributed by atoms with Crippen LogP contribution in [0.25, 0.3) is 11.0 Å². The predicted molar refractivity (Wildman–Crippen MR) is 93.1 cm³/mol. The molecule has 0 bridgehead atoms. The molecule has 2 N–H and O–H groups in total. The lowest BCUT2D eigenvalue weighted by molar-refractivity contribution is -0.131. The molecule has 1 saturated heterocycles. The molecule has 0 saturated carbocycles. The highest BCUT2D eigenvalue weighted by atomic mass is 16.2. The maximum absolute atomic E-state index is 12.5. The van der Waals surface area contributed by atoms with Gasteiger partial charge in [0.05, 0.1) is 23.8 Å². The minimum atomic E-state index is -0.0122. The van der Waals surface area contributed by atoms with Crippen molar-refractivity contribution < 1.29 is 9.59 Å². The molecular weight excluding hydrogens is 318 g/mol. The van der Waals surface area contributed by atoms with Crippen molar-refractivity contribution in [3.8, 4) is 0 Å². The normalized spacial score (nSPS) is 14.9. The number of fused-ring (bicyclic) bond motifs is 1. The fourth-order valence-corrected chi connectivity index (χ4v) is 3.17. The fraction of sp³-hybridized carbons (Fsp3) is 0.278. The monoisotopic (exact) mass is 337 g/mol. The van der Waals surface area contributed by atoms with E-state index in [-0.39, 0.29) is 11.8 Å². The zero-order valence-corrected chi connectivity index (χ0v) is 13.7. The van der Waals surface area contributed by atoms with E-state index in [1.807, 2.05) is 29.2 Å². The van der Waals surface area contributed by atoms with Gasteiger partial charge in [-0.3, -0.25) is 9.59 Å². The molecule has 25 heavy (non-hydrogen) atoms.